The van der Waals surface area contributed by atoms with Crippen molar-refractivity contribution in [2.75, 3.05) is 33.8 Å². The fraction of sp³-hybridized carbons (Fsp3) is 0.769. The van der Waals surface area contributed by atoms with Crippen molar-refractivity contribution in [1.29, 1.82) is 0 Å². The quantitative estimate of drug-likeness (QED) is 0.331. The van der Waals surface area contributed by atoms with Crippen molar-refractivity contribution in [2.45, 2.75) is 31.8 Å². The van der Waals surface area contributed by atoms with Crippen LogP contribution in [0.2, 0.25) is 0 Å². The highest BCUT2D eigenvalue weighted by Gasteiger charge is 2.16. The zero-order chi connectivity index (χ0) is 12.5. The van der Waals surface area contributed by atoms with Gasteiger partial charge >= 0.3 is 0 Å². The molecule has 1 atom stereocenters. The Balaban J connectivity index is 2.23. The molecule has 4 heteroatoms. The molecular formula is C13H25N3O. The van der Waals surface area contributed by atoms with Gasteiger partial charge < -0.3 is 15.0 Å². The van der Waals surface area contributed by atoms with Gasteiger partial charge in [0, 0.05) is 33.8 Å². The SMILES string of the molecule is C=CCCCN(C)C(=NC)NCC1CCCO1. The standard InChI is InChI=1S/C13H25N3O/c1-4-5-6-9-16(3)13(14-2)15-11-12-8-7-10-17-12/h4,12H,1,5-11H2,2-3H3,(H,14,15). The Hall–Kier alpha value is -1.03. The number of guanidine groups is 1. The third kappa shape index (κ3) is 5.22. The molecule has 1 N–H and O–H groups in total. The van der Waals surface area contributed by atoms with Gasteiger partial charge in [-0.2, -0.15) is 0 Å². The van der Waals surface area contributed by atoms with E-state index in [9.17, 15) is 0 Å². The number of ether oxygens (including phenoxy) is 1. The van der Waals surface area contributed by atoms with E-state index < -0.39 is 0 Å². The van der Waals surface area contributed by atoms with Gasteiger partial charge in [0.25, 0.3) is 0 Å². The van der Waals surface area contributed by atoms with Crippen LogP contribution >= 0.6 is 0 Å². The van der Waals surface area contributed by atoms with Crippen LogP contribution in [0.15, 0.2) is 17.6 Å². The number of hydrogen-bond acceptors (Lipinski definition) is 2. The van der Waals surface area contributed by atoms with Crippen LogP contribution in [0.25, 0.3) is 0 Å². The average molecular weight is 239 g/mol. The summed E-state index contributed by atoms with van der Waals surface area (Å²) in [5, 5.41) is 3.36. The molecule has 1 rings (SSSR count). The van der Waals surface area contributed by atoms with Gasteiger partial charge in [0.2, 0.25) is 0 Å². The van der Waals surface area contributed by atoms with Crippen LogP contribution in [-0.2, 0) is 4.74 Å². The van der Waals surface area contributed by atoms with Crippen LogP contribution in [0.1, 0.15) is 25.7 Å². The number of unbranched alkanes of at least 4 members (excludes halogenated alkanes) is 1. The summed E-state index contributed by atoms with van der Waals surface area (Å²) >= 11 is 0. The maximum absolute atomic E-state index is 5.58. The smallest absolute Gasteiger partial charge is 0.193 e. The van der Waals surface area contributed by atoms with Gasteiger partial charge in [-0.3, -0.25) is 4.99 Å². The number of nitrogens with zero attached hydrogens (tertiary/aromatic N) is 2. The average Bonchev–Trinajstić information content (AvgIpc) is 2.83. The van der Waals surface area contributed by atoms with Gasteiger partial charge in [0.05, 0.1) is 6.10 Å². The first-order valence-electron chi connectivity index (χ1n) is 6.42. The summed E-state index contributed by atoms with van der Waals surface area (Å²) in [5.74, 6) is 0.949. The van der Waals surface area contributed by atoms with Gasteiger partial charge in [-0.15, -0.1) is 6.58 Å². The molecule has 1 aliphatic heterocycles. The number of hydrogen-bond donors (Lipinski definition) is 1. The van der Waals surface area contributed by atoms with Crippen LogP contribution in [0.4, 0.5) is 0 Å². The summed E-state index contributed by atoms with van der Waals surface area (Å²) in [6, 6.07) is 0. The molecule has 17 heavy (non-hydrogen) atoms. The van der Waals surface area contributed by atoms with Crippen molar-refractivity contribution in [2.24, 2.45) is 4.99 Å². The summed E-state index contributed by atoms with van der Waals surface area (Å²) in [6.45, 7) is 6.49. The van der Waals surface area contributed by atoms with Crippen LogP contribution in [0.5, 0.6) is 0 Å². The lowest BCUT2D eigenvalue weighted by Gasteiger charge is -2.23. The third-order valence-corrected chi connectivity index (χ3v) is 2.99. The Bertz CT molecular complexity index is 247. The highest BCUT2D eigenvalue weighted by molar-refractivity contribution is 5.79. The molecule has 4 nitrogen and oxygen atoms in total. The fourth-order valence-electron chi connectivity index (χ4n) is 1.97. The summed E-state index contributed by atoms with van der Waals surface area (Å²) in [4.78, 5) is 6.43. The summed E-state index contributed by atoms with van der Waals surface area (Å²) in [7, 11) is 3.88. The zero-order valence-electron chi connectivity index (χ0n) is 11.1. The van der Waals surface area contributed by atoms with E-state index in [1.54, 1.807) is 0 Å². The molecule has 0 saturated carbocycles. The molecule has 98 valence electrons. The van der Waals surface area contributed by atoms with E-state index in [-0.39, 0.29) is 0 Å². The monoisotopic (exact) mass is 239 g/mol. The number of allylic oxidation sites excluding steroid dienone is 1. The van der Waals surface area contributed by atoms with E-state index in [1.807, 2.05) is 13.1 Å². The summed E-state index contributed by atoms with van der Waals surface area (Å²) in [5.41, 5.74) is 0. The lowest BCUT2D eigenvalue weighted by molar-refractivity contribution is 0.113. The maximum atomic E-state index is 5.58. The molecule has 1 aliphatic rings. The Kier molecular flexibility index (Phi) is 6.70. The molecule has 0 spiro atoms. The largest absolute Gasteiger partial charge is 0.376 e. The minimum atomic E-state index is 0.355. The normalized spacial score (nSPS) is 20.4. The molecular weight excluding hydrogens is 214 g/mol. The van der Waals surface area contributed by atoms with Crippen LogP contribution in [-0.4, -0.2) is 50.8 Å². The molecule has 1 saturated heterocycles. The number of aliphatic imine (C=N–C) groups is 1. The topological polar surface area (TPSA) is 36.9 Å². The predicted octanol–water partition coefficient (Wildman–Crippen LogP) is 1.64. The van der Waals surface area contributed by atoms with Gasteiger partial charge in [0.1, 0.15) is 0 Å². The second-order valence-electron chi connectivity index (χ2n) is 4.42. The molecule has 1 unspecified atom stereocenters. The second-order valence-corrected chi connectivity index (χ2v) is 4.42. The predicted molar refractivity (Wildman–Crippen MR) is 72.4 cm³/mol. The van der Waals surface area contributed by atoms with Gasteiger partial charge in [-0.1, -0.05) is 6.08 Å². The first kappa shape index (κ1) is 14.0. The summed E-state index contributed by atoms with van der Waals surface area (Å²) in [6.07, 6.45) is 6.81. The maximum Gasteiger partial charge on any atom is 0.193 e. The Morgan fingerprint density at radius 1 is 1.65 bits per heavy atom. The molecule has 1 heterocycles. The van der Waals surface area contributed by atoms with Crippen molar-refractivity contribution < 1.29 is 4.74 Å². The van der Waals surface area contributed by atoms with E-state index in [2.05, 4.69) is 28.8 Å². The molecule has 1 fully saturated rings. The van der Waals surface area contributed by atoms with E-state index in [1.165, 1.54) is 6.42 Å². The van der Waals surface area contributed by atoms with Crippen molar-refractivity contribution >= 4 is 5.96 Å². The molecule has 0 aromatic carbocycles. The Morgan fingerprint density at radius 2 is 2.47 bits per heavy atom. The van der Waals surface area contributed by atoms with E-state index in [0.717, 1.165) is 44.9 Å². The van der Waals surface area contributed by atoms with Crippen molar-refractivity contribution in [3.8, 4) is 0 Å². The number of nitrogens with one attached hydrogen (secondary N) is 1. The van der Waals surface area contributed by atoms with Gasteiger partial charge in [0.15, 0.2) is 5.96 Å². The number of rotatable bonds is 6. The van der Waals surface area contributed by atoms with Crippen LogP contribution in [0.3, 0.4) is 0 Å². The lowest BCUT2D eigenvalue weighted by Crippen LogP contribution is -2.42. The van der Waals surface area contributed by atoms with Crippen molar-refractivity contribution in [3.05, 3.63) is 12.7 Å². The third-order valence-electron chi connectivity index (χ3n) is 2.99. The van der Waals surface area contributed by atoms with Gasteiger partial charge in [-0.25, -0.2) is 0 Å². The Morgan fingerprint density at radius 3 is 3.06 bits per heavy atom. The van der Waals surface area contributed by atoms with Crippen molar-refractivity contribution in [3.63, 3.8) is 0 Å². The summed E-state index contributed by atoms with van der Waals surface area (Å²) < 4.78 is 5.58. The molecule has 0 aromatic rings. The van der Waals surface area contributed by atoms with Gasteiger partial charge in [-0.05, 0) is 25.7 Å². The molecule has 0 aliphatic carbocycles. The second kappa shape index (κ2) is 8.12. The molecule has 0 amide bonds. The van der Waals surface area contributed by atoms with Crippen LogP contribution in [0, 0.1) is 0 Å². The fourth-order valence-corrected chi connectivity index (χ4v) is 1.97. The molecule has 0 aromatic heterocycles. The highest BCUT2D eigenvalue weighted by Crippen LogP contribution is 2.10. The first-order chi connectivity index (χ1) is 8.27. The van der Waals surface area contributed by atoms with Crippen LogP contribution < -0.4 is 5.32 Å². The Labute approximate surface area is 105 Å². The zero-order valence-corrected chi connectivity index (χ0v) is 11.1. The molecule has 0 bridgehead atoms. The van der Waals surface area contributed by atoms with Crippen molar-refractivity contribution in [1.82, 2.24) is 10.2 Å². The van der Waals surface area contributed by atoms with E-state index >= 15 is 0 Å². The van der Waals surface area contributed by atoms with E-state index in [0.29, 0.717) is 6.10 Å². The lowest BCUT2D eigenvalue weighted by atomic mass is 10.2. The first-order valence-corrected chi connectivity index (χ1v) is 6.42. The van der Waals surface area contributed by atoms with E-state index in [4.69, 9.17) is 4.74 Å². The minimum Gasteiger partial charge on any atom is -0.376 e. The molecule has 0 radical (unpaired) electrons. The highest BCUT2D eigenvalue weighted by atomic mass is 16.5. The minimum absolute atomic E-state index is 0.355.